The average molecular weight is 672 g/mol. The molecule has 0 spiro atoms. The Labute approximate surface area is 278 Å². The monoisotopic (exact) mass is 671 g/mol. The Bertz CT molecular complexity index is 2070. The van der Waals surface area contributed by atoms with E-state index in [1.165, 1.54) is 30.3 Å². The third-order valence-corrected chi connectivity index (χ3v) is 9.76. The Morgan fingerprint density at radius 3 is 2.23 bits per heavy atom. The maximum atomic E-state index is 13.8. The molecule has 11 heteroatoms. The number of Topliss-reactive ketones (excluding diaryl/α,β-unsaturated/α-hetero) is 1. The van der Waals surface area contributed by atoms with E-state index in [2.05, 4.69) is 4.90 Å². The van der Waals surface area contributed by atoms with Gasteiger partial charge in [0.1, 0.15) is 23.8 Å². The molecular formula is C37H35F2N3O5S. The molecule has 0 bridgehead atoms. The predicted molar refractivity (Wildman–Crippen MR) is 184 cm³/mol. The van der Waals surface area contributed by atoms with Crippen molar-refractivity contribution in [3.05, 3.63) is 108 Å². The number of amides is 1. The largest absolute Gasteiger partial charge is 0.455 e. The van der Waals surface area contributed by atoms with Crippen molar-refractivity contribution in [2.24, 2.45) is 0 Å². The molecular weight excluding hydrogens is 636 g/mol. The van der Waals surface area contributed by atoms with Crippen LogP contribution < -0.4 is 9.21 Å². The van der Waals surface area contributed by atoms with Gasteiger partial charge in [-0.1, -0.05) is 37.3 Å². The molecule has 248 valence electrons. The number of alkyl halides is 1. The van der Waals surface area contributed by atoms with E-state index in [4.69, 9.17) is 4.42 Å². The smallest absolute Gasteiger partial charge is 0.253 e. The van der Waals surface area contributed by atoms with Crippen molar-refractivity contribution in [3.63, 3.8) is 0 Å². The van der Waals surface area contributed by atoms with E-state index < -0.39 is 29.1 Å². The molecule has 1 aliphatic heterocycles. The van der Waals surface area contributed by atoms with Gasteiger partial charge in [0.05, 0.1) is 24.1 Å². The highest BCUT2D eigenvalue weighted by atomic mass is 32.2. The highest BCUT2D eigenvalue weighted by Gasteiger charge is 2.28. The number of benzene rings is 4. The van der Waals surface area contributed by atoms with Gasteiger partial charge in [-0.05, 0) is 60.2 Å². The molecule has 1 fully saturated rings. The summed E-state index contributed by atoms with van der Waals surface area (Å²) in [5.41, 5.74) is 3.48. The Morgan fingerprint density at radius 2 is 1.58 bits per heavy atom. The zero-order valence-electron chi connectivity index (χ0n) is 26.7. The predicted octanol–water partition coefficient (Wildman–Crippen LogP) is 7.20. The fourth-order valence-corrected chi connectivity index (χ4v) is 7.09. The summed E-state index contributed by atoms with van der Waals surface area (Å²) in [5, 5.41) is 0.419. The van der Waals surface area contributed by atoms with Crippen LogP contribution in [-0.2, 0) is 10.0 Å². The van der Waals surface area contributed by atoms with E-state index in [9.17, 15) is 26.8 Å². The first kappa shape index (κ1) is 32.9. The summed E-state index contributed by atoms with van der Waals surface area (Å²) in [6.45, 7) is 2.72. The van der Waals surface area contributed by atoms with E-state index in [1.807, 2.05) is 30.3 Å². The number of para-hydroxylation sites is 1. The molecule has 6 rings (SSSR count). The second-order valence-corrected chi connectivity index (χ2v) is 13.6. The zero-order valence-corrected chi connectivity index (χ0v) is 27.5. The maximum Gasteiger partial charge on any atom is 0.253 e. The molecule has 5 aromatic rings. The van der Waals surface area contributed by atoms with Crippen LogP contribution in [0.3, 0.4) is 0 Å². The van der Waals surface area contributed by atoms with Crippen LogP contribution in [0.5, 0.6) is 0 Å². The summed E-state index contributed by atoms with van der Waals surface area (Å²) in [6.07, 6.45) is 1.14. The number of halogens is 2. The van der Waals surface area contributed by atoms with E-state index in [1.54, 1.807) is 42.2 Å². The minimum atomic E-state index is -3.97. The quantitative estimate of drug-likeness (QED) is 0.146. The molecule has 0 unspecified atom stereocenters. The number of hydrogen-bond acceptors (Lipinski definition) is 6. The van der Waals surface area contributed by atoms with Crippen LogP contribution in [0.1, 0.15) is 34.1 Å². The first-order valence-electron chi connectivity index (χ1n) is 15.7. The normalized spacial score (nSPS) is 13.6. The third-order valence-electron chi connectivity index (χ3n) is 8.58. The second-order valence-electron chi connectivity index (χ2n) is 11.7. The zero-order chi connectivity index (χ0) is 34.0. The SMILES string of the molecule is CCC(=O)c1c(-c2ccc(F)cc2)oc2cc(N(CCF)S(C)(=O)=O)c(-c3cccc(C(=O)N4CCN(c5ccccc5)CC4)c3)cc12. The Balaban J connectivity index is 1.45. The van der Waals surface area contributed by atoms with Gasteiger partial charge in [-0.2, -0.15) is 0 Å². The van der Waals surface area contributed by atoms with Crippen molar-refractivity contribution in [2.45, 2.75) is 13.3 Å². The van der Waals surface area contributed by atoms with Gasteiger partial charge in [0.25, 0.3) is 5.91 Å². The molecule has 1 aliphatic rings. The van der Waals surface area contributed by atoms with Crippen LogP contribution in [0.25, 0.3) is 33.4 Å². The van der Waals surface area contributed by atoms with Gasteiger partial charge >= 0.3 is 0 Å². The minimum Gasteiger partial charge on any atom is -0.455 e. The van der Waals surface area contributed by atoms with Crippen molar-refractivity contribution < 1.29 is 31.2 Å². The Morgan fingerprint density at radius 1 is 0.875 bits per heavy atom. The number of ketones is 1. The number of carbonyl (C=O) groups is 2. The number of rotatable bonds is 10. The van der Waals surface area contributed by atoms with Crippen LogP contribution in [0.4, 0.5) is 20.2 Å². The minimum absolute atomic E-state index is 0.138. The van der Waals surface area contributed by atoms with Crippen molar-refractivity contribution in [1.29, 1.82) is 0 Å². The fraction of sp³-hybridized carbons (Fsp3) is 0.243. The number of carbonyl (C=O) groups excluding carboxylic acids is 2. The van der Waals surface area contributed by atoms with Gasteiger partial charge in [-0.15, -0.1) is 0 Å². The first-order valence-corrected chi connectivity index (χ1v) is 17.6. The number of sulfonamides is 1. The topological polar surface area (TPSA) is 91.1 Å². The number of furan rings is 1. The molecule has 4 aromatic carbocycles. The number of hydrogen-bond donors (Lipinski definition) is 0. The van der Waals surface area contributed by atoms with Crippen molar-refractivity contribution in [2.75, 3.05) is 54.9 Å². The molecule has 2 heterocycles. The fourth-order valence-electron chi connectivity index (χ4n) is 6.18. The summed E-state index contributed by atoms with van der Waals surface area (Å²) in [6, 6.07) is 25.5. The maximum absolute atomic E-state index is 13.8. The lowest BCUT2D eigenvalue weighted by molar-refractivity contribution is 0.0746. The number of anilines is 2. The molecule has 0 N–H and O–H groups in total. The van der Waals surface area contributed by atoms with Gasteiger partial charge in [0, 0.05) is 66.4 Å². The standard InChI is InChI=1S/C37H35F2N3O5S/c1-3-33(43)35-31-23-30(26-8-7-9-27(22-26)37(44)41-20-18-40(19-21-41)29-10-5-4-6-11-29)32(42(17-16-38)48(2,45)46)24-34(31)47-36(35)25-12-14-28(39)15-13-25/h4-15,22-24H,3,16-21H2,1-2H3. The molecule has 0 aliphatic carbocycles. The summed E-state index contributed by atoms with van der Waals surface area (Å²) in [7, 11) is -3.97. The molecule has 0 radical (unpaired) electrons. The van der Waals surface area contributed by atoms with Gasteiger partial charge in [-0.3, -0.25) is 13.9 Å². The van der Waals surface area contributed by atoms with E-state index in [-0.39, 0.29) is 40.7 Å². The highest BCUT2D eigenvalue weighted by molar-refractivity contribution is 7.92. The highest BCUT2D eigenvalue weighted by Crippen LogP contribution is 2.42. The molecule has 0 atom stereocenters. The van der Waals surface area contributed by atoms with E-state index in [0.717, 1.165) is 16.2 Å². The van der Waals surface area contributed by atoms with Gasteiger partial charge in [0.15, 0.2) is 5.78 Å². The van der Waals surface area contributed by atoms with Crippen LogP contribution in [0.2, 0.25) is 0 Å². The number of nitrogens with zero attached hydrogens (tertiary/aromatic N) is 3. The molecule has 48 heavy (non-hydrogen) atoms. The van der Waals surface area contributed by atoms with Crippen LogP contribution in [0.15, 0.2) is 95.4 Å². The second kappa shape index (κ2) is 13.6. The Hall–Kier alpha value is -5.03. The molecule has 0 saturated carbocycles. The molecule has 1 saturated heterocycles. The van der Waals surface area contributed by atoms with E-state index >= 15 is 0 Å². The molecule has 8 nitrogen and oxygen atoms in total. The van der Waals surface area contributed by atoms with Gasteiger partial charge in [-0.25, -0.2) is 17.2 Å². The lowest BCUT2D eigenvalue weighted by atomic mass is 9.95. The average Bonchev–Trinajstić information content (AvgIpc) is 3.48. The molecule has 1 amide bonds. The van der Waals surface area contributed by atoms with Crippen LogP contribution >= 0.6 is 0 Å². The van der Waals surface area contributed by atoms with E-state index in [0.29, 0.717) is 53.8 Å². The summed E-state index contributed by atoms with van der Waals surface area (Å²) in [4.78, 5) is 31.1. The lowest BCUT2D eigenvalue weighted by Crippen LogP contribution is -2.48. The number of piperazine rings is 1. The lowest BCUT2D eigenvalue weighted by Gasteiger charge is -2.36. The summed E-state index contributed by atoms with van der Waals surface area (Å²) in [5.74, 6) is -0.631. The third kappa shape index (κ3) is 6.55. The first-order chi connectivity index (χ1) is 23.1. The van der Waals surface area contributed by atoms with Gasteiger partial charge in [0.2, 0.25) is 10.0 Å². The summed E-state index contributed by atoms with van der Waals surface area (Å²) >= 11 is 0. The van der Waals surface area contributed by atoms with Crippen molar-refractivity contribution in [3.8, 4) is 22.5 Å². The van der Waals surface area contributed by atoms with Crippen molar-refractivity contribution >= 4 is 44.1 Å². The Kier molecular flexibility index (Phi) is 9.32. The molecule has 1 aromatic heterocycles. The summed E-state index contributed by atoms with van der Waals surface area (Å²) < 4.78 is 60.8. The van der Waals surface area contributed by atoms with Crippen molar-refractivity contribution in [1.82, 2.24) is 4.90 Å². The van der Waals surface area contributed by atoms with Gasteiger partial charge < -0.3 is 14.2 Å². The van der Waals surface area contributed by atoms with Crippen LogP contribution in [-0.4, -0.2) is 70.7 Å². The number of fused-ring (bicyclic) bond motifs is 1. The van der Waals surface area contributed by atoms with Crippen LogP contribution in [0, 0.1) is 5.82 Å².